The summed E-state index contributed by atoms with van der Waals surface area (Å²) in [5, 5.41) is 0. The highest BCUT2D eigenvalue weighted by Crippen LogP contribution is 2.58. The molecule has 2 aliphatic rings. The second-order valence-electron chi connectivity index (χ2n) is 4.74. The maximum Gasteiger partial charge on any atom is 0.0954 e. The van der Waals surface area contributed by atoms with Crippen LogP contribution in [0.15, 0.2) is 0 Å². The van der Waals surface area contributed by atoms with E-state index in [-0.39, 0.29) is 12.1 Å². The minimum atomic E-state index is -0.0798. The van der Waals surface area contributed by atoms with Crippen LogP contribution in [0.5, 0.6) is 0 Å². The normalized spacial score (nSPS) is 41.5. The predicted molar refractivity (Wildman–Crippen MR) is 47.8 cm³/mol. The highest BCUT2D eigenvalue weighted by atomic mass is 19.1. The van der Waals surface area contributed by atoms with Crippen molar-refractivity contribution in [3.63, 3.8) is 0 Å². The van der Waals surface area contributed by atoms with Gasteiger partial charge in [0.2, 0.25) is 0 Å². The number of hydrogen-bond acceptors (Lipinski definition) is 1. The van der Waals surface area contributed by atoms with Crippen LogP contribution < -0.4 is 0 Å². The number of rotatable bonds is 2. The summed E-state index contributed by atoms with van der Waals surface area (Å²) in [5.41, 5.74) is 0.144. The highest BCUT2D eigenvalue weighted by Gasteiger charge is 2.56. The quantitative estimate of drug-likeness (QED) is 0.615. The van der Waals surface area contributed by atoms with Gasteiger partial charge in [0, 0.05) is 18.0 Å². The molecule has 2 fully saturated rings. The number of fused-ring (bicyclic) bond motifs is 1. The van der Waals surface area contributed by atoms with Gasteiger partial charge in [-0.15, -0.1) is 0 Å². The van der Waals surface area contributed by atoms with Crippen LogP contribution >= 0.6 is 0 Å². The monoisotopic (exact) mass is 171 g/mol. The Morgan fingerprint density at radius 3 is 2.83 bits per heavy atom. The Morgan fingerprint density at radius 2 is 2.33 bits per heavy atom. The minimum absolute atomic E-state index is 0.0798. The molecule has 12 heavy (non-hydrogen) atoms. The minimum Gasteiger partial charge on any atom is -0.301 e. The molecule has 0 radical (unpaired) electrons. The Kier molecular flexibility index (Phi) is 1.90. The third kappa shape index (κ3) is 1.17. The lowest BCUT2D eigenvalue weighted by atomic mass is 9.96. The fourth-order valence-corrected chi connectivity index (χ4v) is 2.44. The molecule has 2 atom stereocenters. The van der Waals surface area contributed by atoms with E-state index in [1.165, 1.54) is 0 Å². The molecule has 0 bridgehead atoms. The summed E-state index contributed by atoms with van der Waals surface area (Å²) in [7, 11) is 0. The number of likely N-dealkylation sites (tertiary alicyclic amines) is 1. The zero-order chi connectivity index (χ0) is 8.77. The van der Waals surface area contributed by atoms with E-state index in [1.807, 2.05) is 0 Å². The van der Waals surface area contributed by atoms with E-state index in [2.05, 4.69) is 18.7 Å². The van der Waals surface area contributed by atoms with Crippen molar-refractivity contribution in [2.24, 2.45) is 11.3 Å². The maximum atomic E-state index is 12.6. The number of piperidine rings is 1. The van der Waals surface area contributed by atoms with Crippen molar-refractivity contribution in [2.75, 3.05) is 19.8 Å². The van der Waals surface area contributed by atoms with Crippen LogP contribution in [0.3, 0.4) is 0 Å². The van der Waals surface area contributed by atoms with E-state index in [0.29, 0.717) is 12.0 Å². The van der Waals surface area contributed by atoms with E-state index in [1.54, 1.807) is 0 Å². The summed E-state index contributed by atoms with van der Waals surface area (Å²) >= 11 is 0. The van der Waals surface area contributed by atoms with E-state index in [9.17, 15) is 4.39 Å². The predicted octanol–water partition coefficient (Wildman–Crippen LogP) is 2.08. The molecule has 1 saturated carbocycles. The van der Waals surface area contributed by atoms with Crippen molar-refractivity contribution in [3.8, 4) is 0 Å². The highest BCUT2D eigenvalue weighted by molar-refractivity contribution is 5.06. The Hall–Kier alpha value is -0.110. The van der Waals surface area contributed by atoms with Gasteiger partial charge in [-0.25, -0.2) is 0 Å². The first kappa shape index (κ1) is 8.49. The average Bonchev–Trinajstić information content (AvgIpc) is 2.77. The molecule has 1 saturated heterocycles. The molecule has 0 N–H and O–H groups in total. The van der Waals surface area contributed by atoms with E-state index in [0.717, 1.165) is 25.9 Å². The average molecular weight is 171 g/mol. The van der Waals surface area contributed by atoms with Crippen molar-refractivity contribution >= 4 is 0 Å². The number of alkyl halides is 1. The van der Waals surface area contributed by atoms with Crippen LogP contribution in [0.4, 0.5) is 4.39 Å². The van der Waals surface area contributed by atoms with Gasteiger partial charge >= 0.3 is 0 Å². The van der Waals surface area contributed by atoms with E-state index >= 15 is 0 Å². The van der Waals surface area contributed by atoms with Crippen LogP contribution in [0.2, 0.25) is 0 Å². The Balaban J connectivity index is 1.92. The molecule has 0 aromatic rings. The second-order valence-corrected chi connectivity index (χ2v) is 4.74. The van der Waals surface area contributed by atoms with Crippen molar-refractivity contribution in [3.05, 3.63) is 0 Å². The van der Waals surface area contributed by atoms with Gasteiger partial charge in [0.25, 0.3) is 0 Å². The largest absolute Gasteiger partial charge is 0.301 e. The molecule has 1 nitrogen and oxygen atoms in total. The van der Waals surface area contributed by atoms with Crippen molar-refractivity contribution in [2.45, 2.75) is 32.7 Å². The molecule has 2 unspecified atom stereocenters. The summed E-state index contributed by atoms with van der Waals surface area (Å²) in [4.78, 5) is 2.48. The van der Waals surface area contributed by atoms with Crippen molar-refractivity contribution < 1.29 is 4.39 Å². The molecule has 70 valence electrons. The first-order chi connectivity index (χ1) is 5.68. The van der Waals surface area contributed by atoms with Gasteiger partial charge in [-0.3, -0.25) is 4.39 Å². The lowest BCUT2D eigenvalue weighted by Gasteiger charge is -2.33. The van der Waals surface area contributed by atoms with Gasteiger partial charge < -0.3 is 4.90 Å². The van der Waals surface area contributed by atoms with Gasteiger partial charge in [-0.2, -0.15) is 0 Å². The molecule has 0 amide bonds. The zero-order valence-electron chi connectivity index (χ0n) is 8.02. The molecular weight excluding hydrogens is 153 g/mol. The Bertz CT molecular complexity index is 181. The number of nitrogens with zero attached hydrogens (tertiary/aromatic N) is 1. The van der Waals surface area contributed by atoms with Crippen LogP contribution in [0.25, 0.3) is 0 Å². The van der Waals surface area contributed by atoms with E-state index < -0.39 is 0 Å². The summed E-state index contributed by atoms with van der Waals surface area (Å²) < 4.78 is 12.6. The molecule has 1 aliphatic carbocycles. The van der Waals surface area contributed by atoms with Gasteiger partial charge in [0.05, 0.1) is 6.67 Å². The van der Waals surface area contributed by atoms with Crippen LogP contribution in [-0.4, -0.2) is 30.7 Å². The van der Waals surface area contributed by atoms with Gasteiger partial charge in [0.15, 0.2) is 0 Å². The van der Waals surface area contributed by atoms with E-state index in [4.69, 9.17) is 0 Å². The first-order valence-corrected chi connectivity index (χ1v) is 4.98. The maximum absolute atomic E-state index is 12.6. The standard InChI is InChI=1S/C10H18FN/c1-8(2)12-4-3-10(7-11)5-9(10)6-12/h8-9H,3-7H2,1-2H3. The molecule has 0 aromatic heterocycles. The second kappa shape index (κ2) is 2.69. The smallest absolute Gasteiger partial charge is 0.0954 e. The Morgan fingerprint density at radius 1 is 1.58 bits per heavy atom. The van der Waals surface area contributed by atoms with Gasteiger partial charge in [-0.05, 0) is 39.2 Å². The van der Waals surface area contributed by atoms with Crippen molar-refractivity contribution in [1.29, 1.82) is 0 Å². The Labute approximate surface area is 73.9 Å². The number of halogens is 1. The van der Waals surface area contributed by atoms with Crippen LogP contribution in [0.1, 0.15) is 26.7 Å². The lowest BCUT2D eigenvalue weighted by molar-refractivity contribution is 0.129. The van der Waals surface area contributed by atoms with Crippen molar-refractivity contribution in [1.82, 2.24) is 4.90 Å². The molecular formula is C10H18FN. The molecule has 1 heterocycles. The fourth-order valence-electron chi connectivity index (χ4n) is 2.44. The number of hydrogen-bond donors (Lipinski definition) is 0. The molecule has 2 rings (SSSR count). The summed E-state index contributed by atoms with van der Waals surface area (Å²) in [5.74, 6) is 0.679. The molecule has 0 spiro atoms. The zero-order valence-corrected chi connectivity index (χ0v) is 8.02. The van der Waals surface area contributed by atoms with Gasteiger partial charge in [-0.1, -0.05) is 0 Å². The topological polar surface area (TPSA) is 3.24 Å². The van der Waals surface area contributed by atoms with Crippen LogP contribution in [0, 0.1) is 11.3 Å². The summed E-state index contributed by atoms with van der Waals surface area (Å²) in [6.07, 6.45) is 2.24. The molecule has 0 aromatic carbocycles. The molecule has 1 aliphatic heterocycles. The first-order valence-electron chi connectivity index (χ1n) is 4.98. The third-order valence-corrected chi connectivity index (χ3v) is 3.71. The SMILES string of the molecule is CC(C)N1CCC2(CF)CC2C1. The summed E-state index contributed by atoms with van der Waals surface area (Å²) in [6.45, 7) is 6.62. The van der Waals surface area contributed by atoms with Gasteiger partial charge in [0.1, 0.15) is 0 Å². The lowest BCUT2D eigenvalue weighted by Crippen LogP contribution is -2.39. The van der Waals surface area contributed by atoms with Crippen LogP contribution in [-0.2, 0) is 0 Å². The molecule has 2 heteroatoms. The third-order valence-electron chi connectivity index (χ3n) is 3.71. The summed E-state index contributed by atoms with van der Waals surface area (Å²) in [6, 6.07) is 0.642. The fraction of sp³-hybridized carbons (Fsp3) is 1.00.